The smallest absolute Gasteiger partial charge is 0.261 e. The fourth-order valence-corrected chi connectivity index (χ4v) is 2.93. The SMILES string of the molecule is Cc1cnc(NC(=O)CCN2C(=O)c3ccccc3C2=O)s1. The second-order valence-corrected chi connectivity index (χ2v) is 6.12. The second kappa shape index (κ2) is 5.69. The zero-order chi connectivity index (χ0) is 15.7. The minimum Gasteiger partial charge on any atom is -0.302 e. The van der Waals surface area contributed by atoms with Crippen molar-refractivity contribution in [1.82, 2.24) is 9.88 Å². The second-order valence-electron chi connectivity index (χ2n) is 4.88. The van der Waals surface area contributed by atoms with Crippen LogP contribution in [-0.2, 0) is 4.79 Å². The van der Waals surface area contributed by atoms with Crippen LogP contribution in [0.15, 0.2) is 30.5 Å². The summed E-state index contributed by atoms with van der Waals surface area (Å²) in [6, 6.07) is 6.66. The van der Waals surface area contributed by atoms with Crippen molar-refractivity contribution < 1.29 is 14.4 Å². The van der Waals surface area contributed by atoms with Gasteiger partial charge in [-0.05, 0) is 19.1 Å². The minimum atomic E-state index is -0.349. The molecule has 3 amide bonds. The summed E-state index contributed by atoms with van der Waals surface area (Å²) in [5, 5.41) is 3.18. The van der Waals surface area contributed by atoms with E-state index in [2.05, 4.69) is 10.3 Å². The highest BCUT2D eigenvalue weighted by Crippen LogP contribution is 2.22. The summed E-state index contributed by atoms with van der Waals surface area (Å²) in [5.41, 5.74) is 0.784. The van der Waals surface area contributed by atoms with E-state index in [4.69, 9.17) is 0 Å². The first-order valence-corrected chi connectivity index (χ1v) is 7.55. The molecule has 0 saturated carbocycles. The van der Waals surface area contributed by atoms with E-state index >= 15 is 0 Å². The van der Waals surface area contributed by atoms with E-state index in [0.29, 0.717) is 16.3 Å². The summed E-state index contributed by atoms with van der Waals surface area (Å²) < 4.78 is 0. The van der Waals surface area contributed by atoms with E-state index in [1.54, 1.807) is 30.5 Å². The molecule has 0 aliphatic carbocycles. The Hall–Kier alpha value is -2.54. The largest absolute Gasteiger partial charge is 0.302 e. The molecular weight excluding hydrogens is 302 g/mol. The molecule has 1 N–H and O–H groups in total. The number of carbonyl (C=O) groups excluding carboxylic acids is 3. The maximum atomic E-state index is 12.1. The number of hydrogen-bond acceptors (Lipinski definition) is 5. The van der Waals surface area contributed by atoms with Gasteiger partial charge in [-0.1, -0.05) is 12.1 Å². The van der Waals surface area contributed by atoms with Gasteiger partial charge in [-0.25, -0.2) is 4.98 Å². The molecule has 0 unspecified atom stereocenters. The van der Waals surface area contributed by atoms with E-state index in [1.165, 1.54) is 11.3 Å². The number of nitrogens with zero attached hydrogens (tertiary/aromatic N) is 2. The number of rotatable bonds is 4. The normalized spacial score (nSPS) is 13.4. The third kappa shape index (κ3) is 2.62. The standard InChI is InChI=1S/C15H13N3O3S/c1-9-8-16-15(22-9)17-12(19)6-7-18-13(20)10-4-2-3-5-11(10)14(18)21/h2-5,8H,6-7H2,1H3,(H,16,17,19). The molecule has 1 aromatic heterocycles. The van der Waals surface area contributed by atoms with Crippen molar-refractivity contribution in [3.63, 3.8) is 0 Å². The molecule has 3 rings (SSSR count). The summed E-state index contributed by atoms with van der Waals surface area (Å²) in [5.74, 6) is -0.970. The van der Waals surface area contributed by atoms with Crippen LogP contribution in [0, 0.1) is 6.92 Å². The summed E-state index contributed by atoms with van der Waals surface area (Å²) in [6.07, 6.45) is 1.72. The molecule has 1 aromatic carbocycles. The van der Waals surface area contributed by atoms with Crippen LogP contribution in [0.1, 0.15) is 32.0 Å². The zero-order valence-corrected chi connectivity index (χ0v) is 12.6. The Bertz CT molecular complexity index is 734. The Labute approximate surface area is 130 Å². The molecule has 6 nitrogen and oxygen atoms in total. The number of aromatic nitrogens is 1. The molecule has 7 heteroatoms. The van der Waals surface area contributed by atoms with Crippen LogP contribution in [-0.4, -0.2) is 34.2 Å². The van der Waals surface area contributed by atoms with Crippen LogP contribution < -0.4 is 5.32 Å². The van der Waals surface area contributed by atoms with Crippen molar-refractivity contribution in [3.05, 3.63) is 46.5 Å². The predicted molar refractivity (Wildman–Crippen MR) is 81.9 cm³/mol. The Kier molecular flexibility index (Phi) is 3.72. The lowest BCUT2D eigenvalue weighted by atomic mass is 10.1. The minimum absolute atomic E-state index is 0.0457. The molecule has 0 saturated heterocycles. The van der Waals surface area contributed by atoms with Crippen molar-refractivity contribution in [2.75, 3.05) is 11.9 Å². The number of fused-ring (bicyclic) bond motifs is 1. The van der Waals surface area contributed by atoms with E-state index < -0.39 is 0 Å². The Balaban J connectivity index is 1.62. The number of aryl methyl sites for hydroxylation is 1. The van der Waals surface area contributed by atoms with Gasteiger partial charge >= 0.3 is 0 Å². The van der Waals surface area contributed by atoms with Gasteiger partial charge in [0.25, 0.3) is 11.8 Å². The summed E-state index contributed by atoms with van der Waals surface area (Å²) in [4.78, 5) is 42.3. The first-order chi connectivity index (χ1) is 10.6. The summed E-state index contributed by atoms with van der Waals surface area (Å²) in [6.45, 7) is 1.95. The molecule has 1 aliphatic heterocycles. The Morgan fingerprint density at radius 1 is 1.23 bits per heavy atom. The lowest BCUT2D eigenvalue weighted by molar-refractivity contribution is -0.116. The van der Waals surface area contributed by atoms with Crippen molar-refractivity contribution >= 4 is 34.2 Å². The van der Waals surface area contributed by atoms with E-state index in [1.807, 2.05) is 6.92 Å². The van der Waals surface area contributed by atoms with Gasteiger partial charge in [-0.15, -0.1) is 11.3 Å². The van der Waals surface area contributed by atoms with Gasteiger partial charge in [0.2, 0.25) is 5.91 Å². The van der Waals surface area contributed by atoms with Crippen LogP contribution in [0.25, 0.3) is 0 Å². The van der Waals surface area contributed by atoms with Crippen molar-refractivity contribution in [1.29, 1.82) is 0 Å². The number of anilines is 1. The maximum absolute atomic E-state index is 12.1. The number of thiazole rings is 1. The molecule has 2 heterocycles. The van der Waals surface area contributed by atoms with Gasteiger partial charge < -0.3 is 5.32 Å². The molecule has 112 valence electrons. The van der Waals surface area contributed by atoms with Gasteiger partial charge in [-0.3, -0.25) is 19.3 Å². The monoisotopic (exact) mass is 315 g/mol. The zero-order valence-electron chi connectivity index (χ0n) is 11.8. The van der Waals surface area contributed by atoms with Crippen molar-refractivity contribution in [3.8, 4) is 0 Å². The lowest BCUT2D eigenvalue weighted by Gasteiger charge is -2.12. The fourth-order valence-electron chi connectivity index (χ4n) is 2.25. The molecule has 0 fully saturated rings. The molecule has 1 aliphatic rings. The van der Waals surface area contributed by atoms with Crippen LogP contribution in [0.3, 0.4) is 0 Å². The van der Waals surface area contributed by atoms with Crippen LogP contribution in [0.2, 0.25) is 0 Å². The van der Waals surface area contributed by atoms with Gasteiger partial charge in [-0.2, -0.15) is 0 Å². The van der Waals surface area contributed by atoms with Crippen LogP contribution >= 0.6 is 11.3 Å². The van der Waals surface area contributed by atoms with Gasteiger partial charge in [0, 0.05) is 24.0 Å². The highest BCUT2D eigenvalue weighted by molar-refractivity contribution is 7.15. The molecule has 0 radical (unpaired) electrons. The fraction of sp³-hybridized carbons (Fsp3) is 0.200. The van der Waals surface area contributed by atoms with Crippen molar-refractivity contribution in [2.45, 2.75) is 13.3 Å². The van der Waals surface area contributed by atoms with Gasteiger partial charge in [0.15, 0.2) is 5.13 Å². The predicted octanol–water partition coefficient (Wildman–Crippen LogP) is 2.08. The first-order valence-electron chi connectivity index (χ1n) is 6.74. The number of benzene rings is 1. The summed E-state index contributed by atoms with van der Waals surface area (Å²) >= 11 is 1.37. The lowest BCUT2D eigenvalue weighted by Crippen LogP contribution is -2.32. The molecule has 0 atom stereocenters. The Morgan fingerprint density at radius 2 is 1.86 bits per heavy atom. The third-order valence-corrected chi connectivity index (χ3v) is 4.14. The number of hydrogen-bond donors (Lipinski definition) is 1. The molecular formula is C15H13N3O3S. The molecule has 2 aromatic rings. The third-order valence-electron chi connectivity index (χ3n) is 3.31. The number of amides is 3. The topological polar surface area (TPSA) is 79.4 Å². The van der Waals surface area contributed by atoms with Gasteiger partial charge in [0.05, 0.1) is 11.1 Å². The highest BCUT2D eigenvalue weighted by Gasteiger charge is 2.34. The highest BCUT2D eigenvalue weighted by atomic mass is 32.1. The first kappa shape index (κ1) is 14.4. The number of carbonyl (C=O) groups is 3. The molecule has 0 spiro atoms. The average molecular weight is 315 g/mol. The van der Waals surface area contributed by atoms with Gasteiger partial charge in [0.1, 0.15) is 0 Å². The molecule has 0 bridgehead atoms. The quantitative estimate of drug-likeness (QED) is 0.876. The van der Waals surface area contributed by atoms with E-state index in [9.17, 15) is 14.4 Å². The number of imide groups is 1. The average Bonchev–Trinajstić information content (AvgIpc) is 3.01. The van der Waals surface area contributed by atoms with Crippen LogP contribution in [0.4, 0.5) is 5.13 Å². The van der Waals surface area contributed by atoms with Crippen LogP contribution in [0.5, 0.6) is 0 Å². The van der Waals surface area contributed by atoms with E-state index in [0.717, 1.165) is 9.78 Å². The maximum Gasteiger partial charge on any atom is 0.261 e. The number of nitrogens with one attached hydrogen (secondary N) is 1. The Morgan fingerprint density at radius 3 is 2.41 bits per heavy atom. The van der Waals surface area contributed by atoms with E-state index in [-0.39, 0.29) is 30.7 Å². The molecule has 22 heavy (non-hydrogen) atoms. The van der Waals surface area contributed by atoms with Crippen molar-refractivity contribution in [2.24, 2.45) is 0 Å². The summed E-state index contributed by atoms with van der Waals surface area (Å²) in [7, 11) is 0.